The average molecular weight is 392 g/mol. The van der Waals surface area contributed by atoms with Crippen LogP contribution >= 0.6 is 0 Å². The highest BCUT2D eigenvalue weighted by atomic mass is 16.4. The summed E-state index contributed by atoms with van der Waals surface area (Å²) >= 11 is 0. The Morgan fingerprint density at radius 3 is 2.69 bits per heavy atom. The lowest BCUT2D eigenvalue weighted by atomic mass is 9.98. The number of carboxylic acid groups (broad SMARTS) is 1. The molecule has 4 aromatic rings. The topological polar surface area (TPSA) is 106 Å². The van der Waals surface area contributed by atoms with Crippen LogP contribution in [0.25, 0.3) is 33.4 Å². The largest absolute Gasteiger partial charge is 0.508 e. The zero-order chi connectivity index (χ0) is 20.7. The van der Waals surface area contributed by atoms with Crippen molar-refractivity contribution in [3.8, 4) is 17.1 Å². The molecule has 2 aromatic heterocycles. The van der Waals surface area contributed by atoms with Crippen LogP contribution < -0.4 is 5.63 Å². The number of carboxylic acids is 1. The fraction of sp³-hybridized carbons (Fsp3) is 0.227. The van der Waals surface area contributed by atoms with Crippen molar-refractivity contribution in [1.29, 1.82) is 0 Å². The van der Waals surface area contributed by atoms with E-state index in [2.05, 4.69) is 4.98 Å². The van der Waals surface area contributed by atoms with Crippen molar-refractivity contribution in [1.82, 2.24) is 9.55 Å². The van der Waals surface area contributed by atoms with E-state index in [1.807, 2.05) is 42.8 Å². The monoisotopic (exact) mass is 392 g/mol. The van der Waals surface area contributed by atoms with Crippen LogP contribution in [0.1, 0.15) is 24.5 Å². The first kappa shape index (κ1) is 18.7. The highest BCUT2D eigenvalue weighted by Crippen LogP contribution is 2.33. The highest BCUT2D eigenvalue weighted by Gasteiger charge is 2.21. The highest BCUT2D eigenvalue weighted by molar-refractivity contribution is 5.89. The quantitative estimate of drug-likeness (QED) is 0.503. The molecule has 4 rings (SSSR count). The van der Waals surface area contributed by atoms with Crippen molar-refractivity contribution in [2.75, 3.05) is 0 Å². The molecule has 0 radical (unpaired) electrons. The molecular formula is C22H20N2O5. The molecule has 7 heteroatoms. The zero-order valence-electron chi connectivity index (χ0n) is 16.1. The lowest BCUT2D eigenvalue weighted by Gasteiger charge is -2.12. The minimum absolute atomic E-state index is 0.0839. The third-order valence-electron chi connectivity index (χ3n) is 5.19. The van der Waals surface area contributed by atoms with E-state index in [4.69, 9.17) is 9.52 Å². The third-order valence-corrected chi connectivity index (χ3v) is 5.19. The minimum atomic E-state index is -0.944. The number of hydrogen-bond donors (Lipinski definition) is 2. The lowest BCUT2D eigenvalue weighted by molar-refractivity contribution is -0.136. The molecule has 0 fully saturated rings. The zero-order valence-corrected chi connectivity index (χ0v) is 16.1. The number of rotatable bonds is 5. The van der Waals surface area contributed by atoms with E-state index < -0.39 is 11.6 Å². The van der Waals surface area contributed by atoms with Crippen LogP contribution in [0.4, 0.5) is 0 Å². The number of carbonyl (C=O) groups is 1. The smallest absolute Gasteiger partial charge is 0.347 e. The van der Waals surface area contributed by atoms with Crippen molar-refractivity contribution in [2.45, 2.75) is 26.2 Å². The molecule has 2 N–H and O–H groups in total. The number of hydrogen-bond acceptors (Lipinski definition) is 5. The molecule has 0 spiro atoms. The summed E-state index contributed by atoms with van der Waals surface area (Å²) in [5.74, 6) is -0.515. The maximum atomic E-state index is 12.9. The lowest BCUT2D eigenvalue weighted by Crippen LogP contribution is -2.11. The van der Waals surface area contributed by atoms with Gasteiger partial charge in [-0.15, -0.1) is 0 Å². The summed E-state index contributed by atoms with van der Waals surface area (Å²) in [5, 5.41) is 19.9. The van der Waals surface area contributed by atoms with Crippen molar-refractivity contribution < 1.29 is 19.4 Å². The second kappa shape index (κ2) is 7.09. The Morgan fingerprint density at radius 1 is 1.24 bits per heavy atom. The molecule has 0 unspecified atom stereocenters. The summed E-state index contributed by atoms with van der Waals surface area (Å²) in [6, 6.07) is 10.7. The van der Waals surface area contributed by atoms with Crippen LogP contribution in [0.2, 0.25) is 0 Å². The normalized spacial score (nSPS) is 11.4. The Labute approximate surface area is 165 Å². The summed E-state index contributed by atoms with van der Waals surface area (Å²) in [6.07, 6.45) is 0.625. The van der Waals surface area contributed by atoms with Gasteiger partial charge < -0.3 is 19.2 Å². The maximum absolute atomic E-state index is 12.9. The molecule has 0 aliphatic rings. The van der Waals surface area contributed by atoms with E-state index in [0.29, 0.717) is 28.8 Å². The van der Waals surface area contributed by atoms with Gasteiger partial charge in [-0.25, -0.2) is 9.78 Å². The van der Waals surface area contributed by atoms with Crippen LogP contribution in [0.15, 0.2) is 45.6 Å². The molecule has 29 heavy (non-hydrogen) atoms. The average Bonchev–Trinajstić information content (AvgIpc) is 3.02. The molecule has 2 aromatic carbocycles. The number of nitrogens with zero attached hydrogens (tertiary/aromatic N) is 2. The van der Waals surface area contributed by atoms with Gasteiger partial charge in [-0.2, -0.15) is 0 Å². The number of phenolic OH excluding ortho intramolecular Hbond substituents is 1. The van der Waals surface area contributed by atoms with Gasteiger partial charge in [-0.3, -0.25) is 4.79 Å². The van der Waals surface area contributed by atoms with Crippen LogP contribution in [-0.4, -0.2) is 25.7 Å². The van der Waals surface area contributed by atoms with E-state index in [-0.39, 0.29) is 24.2 Å². The number of aromatic hydroxyl groups is 1. The molecule has 0 aliphatic heterocycles. The van der Waals surface area contributed by atoms with Gasteiger partial charge in [0.05, 0.1) is 11.0 Å². The molecule has 0 saturated heterocycles. The number of imidazole rings is 1. The van der Waals surface area contributed by atoms with Crippen molar-refractivity contribution in [3.63, 3.8) is 0 Å². The molecule has 148 valence electrons. The predicted octanol–water partition coefficient (Wildman–Crippen LogP) is 3.63. The summed E-state index contributed by atoms with van der Waals surface area (Å²) in [7, 11) is 1.85. The number of phenols is 1. The van der Waals surface area contributed by atoms with Gasteiger partial charge in [-0.1, -0.05) is 19.1 Å². The second-order valence-corrected chi connectivity index (χ2v) is 6.95. The van der Waals surface area contributed by atoms with E-state index in [1.54, 1.807) is 6.07 Å². The number of para-hydroxylation sites is 2. The van der Waals surface area contributed by atoms with Gasteiger partial charge in [0.15, 0.2) is 0 Å². The molecule has 0 amide bonds. The Kier molecular flexibility index (Phi) is 4.58. The number of benzene rings is 2. The van der Waals surface area contributed by atoms with Crippen molar-refractivity contribution in [2.24, 2.45) is 7.05 Å². The Morgan fingerprint density at radius 2 is 2.00 bits per heavy atom. The maximum Gasteiger partial charge on any atom is 0.347 e. The second-order valence-electron chi connectivity index (χ2n) is 6.95. The predicted molar refractivity (Wildman–Crippen MR) is 109 cm³/mol. The fourth-order valence-corrected chi connectivity index (χ4v) is 3.75. The Bertz CT molecular complexity index is 1320. The number of fused-ring (bicyclic) bond motifs is 2. The Hall–Kier alpha value is -3.61. The van der Waals surface area contributed by atoms with Crippen molar-refractivity contribution >= 4 is 28.0 Å². The summed E-state index contributed by atoms with van der Waals surface area (Å²) in [5.41, 5.74) is 3.06. The first-order chi connectivity index (χ1) is 13.9. The molecular weight excluding hydrogens is 372 g/mol. The Balaban J connectivity index is 1.99. The molecule has 0 bridgehead atoms. The number of aliphatic carboxylic acids is 1. The van der Waals surface area contributed by atoms with Crippen LogP contribution in [0, 0.1) is 0 Å². The molecule has 0 aliphatic carbocycles. The summed E-state index contributed by atoms with van der Waals surface area (Å²) < 4.78 is 7.38. The van der Waals surface area contributed by atoms with Gasteiger partial charge >= 0.3 is 11.6 Å². The van der Waals surface area contributed by atoms with E-state index in [1.165, 1.54) is 6.07 Å². The van der Waals surface area contributed by atoms with Gasteiger partial charge in [0, 0.05) is 24.9 Å². The third kappa shape index (κ3) is 3.14. The summed E-state index contributed by atoms with van der Waals surface area (Å²) in [6.45, 7) is 1.93. The minimum Gasteiger partial charge on any atom is -0.508 e. The van der Waals surface area contributed by atoms with E-state index in [9.17, 15) is 14.7 Å². The first-order valence-electron chi connectivity index (χ1n) is 9.36. The molecule has 0 saturated carbocycles. The summed E-state index contributed by atoms with van der Waals surface area (Å²) in [4.78, 5) is 28.4. The first-order valence-corrected chi connectivity index (χ1v) is 9.36. The van der Waals surface area contributed by atoms with Crippen LogP contribution in [0.5, 0.6) is 5.75 Å². The van der Waals surface area contributed by atoms with Gasteiger partial charge in [0.1, 0.15) is 22.7 Å². The van der Waals surface area contributed by atoms with E-state index >= 15 is 0 Å². The van der Waals surface area contributed by atoms with Gasteiger partial charge in [-0.05, 0) is 42.2 Å². The SMILES string of the molecule is CCc1c(-c2nc3ccccc3n2C)c(=O)oc2cc(O)c(CCC(=O)O)cc12. The number of aryl methyl sites for hydroxylation is 3. The van der Waals surface area contributed by atoms with Crippen LogP contribution in [-0.2, 0) is 24.7 Å². The van der Waals surface area contributed by atoms with Crippen LogP contribution in [0.3, 0.4) is 0 Å². The van der Waals surface area contributed by atoms with Gasteiger partial charge in [0.2, 0.25) is 0 Å². The number of aromatic nitrogens is 2. The molecule has 0 atom stereocenters. The van der Waals surface area contributed by atoms with Crippen molar-refractivity contribution in [3.05, 3.63) is 57.9 Å². The fourth-order valence-electron chi connectivity index (χ4n) is 3.75. The van der Waals surface area contributed by atoms with E-state index in [0.717, 1.165) is 16.6 Å². The molecule has 7 nitrogen and oxygen atoms in total. The molecule has 2 heterocycles. The standard InChI is InChI=1S/C22H20N2O5/c1-3-13-14-10-12(8-9-19(26)27)17(25)11-18(14)29-22(28)20(13)21-23-15-6-4-5-7-16(15)24(21)2/h4-7,10-11,25H,3,8-9H2,1-2H3,(H,26,27). The van der Waals surface area contributed by atoms with Gasteiger partial charge in [0.25, 0.3) is 0 Å².